The Kier molecular flexibility index (Phi) is 3.93. The van der Waals surface area contributed by atoms with Crippen LogP contribution in [-0.4, -0.2) is 11.1 Å². The summed E-state index contributed by atoms with van der Waals surface area (Å²) < 4.78 is 1.79. The highest BCUT2D eigenvalue weighted by Crippen LogP contribution is 2.14. The van der Waals surface area contributed by atoms with Crippen LogP contribution in [0.1, 0.15) is 0 Å². The van der Waals surface area contributed by atoms with Crippen molar-refractivity contribution in [1.29, 1.82) is 0 Å². The Labute approximate surface area is 127 Å². The molecule has 0 saturated heterocycles. The lowest BCUT2D eigenvalue weighted by Gasteiger charge is -2.11. The number of para-hydroxylation sites is 1. The van der Waals surface area contributed by atoms with Gasteiger partial charge in [-0.1, -0.05) is 29.8 Å². The first-order valence-corrected chi connectivity index (χ1v) is 7.20. The van der Waals surface area contributed by atoms with Crippen molar-refractivity contribution >= 4 is 28.2 Å². The van der Waals surface area contributed by atoms with E-state index in [0.717, 1.165) is 16.6 Å². The molecule has 0 fully saturated rings. The van der Waals surface area contributed by atoms with Crippen LogP contribution in [0.15, 0.2) is 65.5 Å². The maximum absolute atomic E-state index is 12.0. The molecular formula is C17H15ClN2O. The number of nitrogens with one attached hydrogen (secondary N) is 1. The second kappa shape index (κ2) is 6.02. The van der Waals surface area contributed by atoms with E-state index in [9.17, 15) is 4.79 Å². The topological polar surface area (TPSA) is 34.0 Å². The predicted molar refractivity (Wildman–Crippen MR) is 88.1 cm³/mol. The highest BCUT2D eigenvalue weighted by molar-refractivity contribution is 6.30. The molecule has 3 aromatic rings. The van der Waals surface area contributed by atoms with Crippen molar-refractivity contribution < 1.29 is 0 Å². The second-order valence-electron chi connectivity index (χ2n) is 4.82. The monoisotopic (exact) mass is 298 g/mol. The fourth-order valence-electron chi connectivity index (χ4n) is 2.35. The average Bonchev–Trinajstić information content (AvgIpc) is 2.51. The Morgan fingerprint density at radius 2 is 1.71 bits per heavy atom. The van der Waals surface area contributed by atoms with Crippen molar-refractivity contribution in [3.63, 3.8) is 0 Å². The molecule has 106 valence electrons. The number of hydrogen-bond donors (Lipinski definition) is 1. The summed E-state index contributed by atoms with van der Waals surface area (Å²) in [5.41, 5.74) is 1.97. The Morgan fingerprint density at radius 3 is 2.52 bits per heavy atom. The molecule has 0 aliphatic carbocycles. The largest absolute Gasteiger partial charge is 0.383 e. The lowest BCUT2D eigenvalue weighted by molar-refractivity contribution is 0.726. The van der Waals surface area contributed by atoms with Crippen LogP contribution in [0.25, 0.3) is 10.9 Å². The number of pyridine rings is 1. The highest BCUT2D eigenvalue weighted by Gasteiger charge is 2.02. The minimum atomic E-state index is 0.0200. The smallest absolute Gasteiger partial charge is 0.251 e. The number of aromatic nitrogens is 1. The van der Waals surface area contributed by atoms with Crippen LogP contribution in [-0.2, 0) is 6.54 Å². The molecule has 21 heavy (non-hydrogen) atoms. The van der Waals surface area contributed by atoms with Gasteiger partial charge in [-0.2, -0.15) is 0 Å². The first-order valence-electron chi connectivity index (χ1n) is 6.82. The van der Waals surface area contributed by atoms with Gasteiger partial charge in [0.1, 0.15) is 0 Å². The summed E-state index contributed by atoms with van der Waals surface area (Å²) in [6, 6.07) is 18.9. The van der Waals surface area contributed by atoms with Gasteiger partial charge in [0.15, 0.2) is 0 Å². The van der Waals surface area contributed by atoms with Crippen molar-refractivity contribution in [2.45, 2.75) is 6.54 Å². The summed E-state index contributed by atoms with van der Waals surface area (Å²) in [6.45, 7) is 1.29. The first-order chi connectivity index (χ1) is 10.2. The Bertz CT molecular complexity index is 809. The van der Waals surface area contributed by atoms with E-state index in [4.69, 9.17) is 11.6 Å². The zero-order chi connectivity index (χ0) is 14.7. The van der Waals surface area contributed by atoms with Gasteiger partial charge < -0.3 is 9.88 Å². The summed E-state index contributed by atoms with van der Waals surface area (Å²) in [4.78, 5) is 12.0. The second-order valence-corrected chi connectivity index (χ2v) is 5.25. The van der Waals surface area contributed by atoms with E-state index in [-0.39, 0.29) is 5.56 Å². The molecule has 0 bridgehead atoms. The van der Waals surface area contributed by atoms with Crippen LogP contribution in [0.2, 0.25) is 5.02 Å². The molecule has 1 N–H and O–H groups in total. The van der Waals surface area contributed by atoms with E-state index < -0.39 is 0 Å². The lowest BCUT2D eigenvalue weighted by Crippen LogP contribution is -2.23. The van der Waals surface area contributed by atoms with E-state index in [1.165, 1.54) is 0 Å². The van der Waals surface area contributed by atoms with Gasteiger partial charge in [-0.25, -0.2) is 0 Å². The average molecular weight is 299 g/mol. The third kappa shape index (κ3) is 3.09. The summed E-state index contributed by atoms with van der Waals surface area (Å²) in [5.74, 6) is 0. The molecule has 1 aromatic heterocycles. The molecule has 3 nitrogen and oxygen atoms in total. The maximum Gasteiger partial charge on any atom is 0.251 e. The molecule has 0 aliphatic heterocycles. The van der Waals surface area contributed by atoms with E-state index in [2.05, 4.69) is 5.32 Å². The van der Waals surface area contributed by atoms with Gasteiger partial charge in [0.2, 0.25) is 0 Å². The molecule has 0 saturated carbocycles. The number of benzene rings is 2. The van der Waals surface area contributed by atoms with Gasteiger partial charge in [-0.3, -0.25) is 4.79 Å². The van der Waals surface area contributed by atoms with Crippen LogP contribution in [0, 0.1) is 0 Å². The maximum atomic E-state index is 12.0. The Balaban J connectivity index is 1.77. The third-order valence-electron chi connectivity index (χ3n) is 3.41. The molecule has 2 aromatic carbocycles. The molecule has 0 amide bonds. The van der Waals surface area contributed by atoms with Crippen molar-refractivity contribution in [2.24, 2.45) is 0 Å². The molecule has 0 unspecified atom stereocenters. The highest BCUT2D eigenvalue weighted by atomic mass is 35.5. The molecule has 0 aliphatic rings. The number of halogens is 1. The SMILES string of the molecule is O=c1ccc2ccccc2n1CCNc1ccc(Cl)cc1. The number of anilines is 1. The van der Waals surface area contributed by atoms with Gasteiger partial charge in [-0.05, 0) is 41.8 Å². The van der Waals surface area contributed by atoms with Crippen molar-refractivity contribution in [3.05, 3.63) is 76.0 Å². The molecule has 4 heteroatoms. The zero-order valence-corrected chi connectivity index (χ0v) is 12.2. The Morgan fingerprint density at radius 1 is 0.952 bits per heavy atom. The minimum absolute atomic E-state index is 0.0200. The van der Waals surface area contributed by atoms with Gasteiger partial charge in [0, 0.05) is 29.9 Å². The number of rotatable bonds is 4. The molecule has 3 rings (SSSR count). The van der Waals surface area contributed by atoms with Crippen molar-refractivity contribution in [2.75, 3.05) is 11.9 Å². The van der Waals surface area contributed by atoms with E-state index in [1.54, 1.807) is 10.6 Å². The minimum Gasteiger partial charge on any atom is -0.383 e. The molecule has 1 heterocycles. The summed E-state index contributed by atoms with van der Waals surface area (Å²) in [7, 11) is 0. The van der Waals surface area contributed by atoms with E-state index in [1.807, 2.05) is 54.6 Å². The Hall–Kier alpha value is -2.26. The standard InChI is InChI=1S/C17H15ClN2O/c18-14-6-8-15(9-7-14)19-11-12-20-16-4-2-1-3-13(16)5-10-17(20)21/h1-10,19H,11-12H2. The van der Waals surface area contributed by atoms with Crippen LogP contribution in [0.5, 0.6) is 0 Å². The lowest BCUT2D eigenvalue weighted by atomic mass is 10.2. The summed E-state index contributed by atoms with van der Waals surface area (Å²) >= 11 is 5.85. The summed E-state index contributed by atoms with van der Waals surface area (Å²) in [6.07, 6.45) is 0. The molecule has 0 spiro atoms. The van der Waals surface area contributed by atoms with Crippen LogP contribution >= 0.6 is 11.6 Å². The first kappa shape index (κ1) is 13.7. The molecule has 0 radical (unpaired) electrons. The van der Waals surface area contributed by atoms with Gasteiger partial charge in [-0.15, -0.1) is 0 Å². The van der Waals surface area contributed by atoms with Crippen molar-refractivity contribution in [3.8, 4) is 0 Å². The summed E-state index contributed by atoms with van der Waals surface area (Å²) in [5, 5.41) is 5.08. The van der Waals surface area contributed by atoms with Gasteiger partial charge >= 0.3 is 0 Å². The number of nitrogens with zero attached hydrogens (tertiary/aromatic N) is 1. The fourth-order valence-corrected chi connectivity index (χ4v) is 2.48. The van der Waals surface area contributed by atoms with Crippen LogP contribution in [0.4, 0.5) is 5.69 Å². The number of hydrogen-bond acceptors (Lipinski definition) is 2. The molecule has 0 atom stereocenters. The normalized spacial score (nSPS) is 10.7. The van der Waals surface area contributed by atoms with Crippen LogP contribution in [0.3, 0.4) is 0 Å². The van der Waals surface area contributed by atoms with Crippen molar-refractivity contribution in [1.82, 2.24) is 4.57 Å². The van der Waals surface area contributed by atoms with Gasteiger partial charge in [0.25, 0.3) is 5.56 Å². The zero-order valence-electron chi connectivity index (χ0n) is 11.4. The third-order valence-corrected chi connectivity index (χ3v) is 3.66. The molecular weight excluding hydrogens is 284 g/mol. The van der Waals surface area contributed by atoms with E-state index in [0.29, 0.717) is 18.1 Å². The van der Waals surface area contributed by atoms with E-state index >= 15 is 0 Å². The van der Waals surface area contributed by atoms with Gasteiger partial charge in [0.05, 0.1) is 5.52 Å². The predicted octanol–water partition coefficient (Wildman–Crippen LogP) is 3.77. The quantitative estimate of drug-likeness (QED) is 0.795. The fraction of sp³-hybridized carbons (Fsp3) is 0.118. The van der Waals surface area contributed by atoms with Crippen LogP contribution < -0.4 is 10.9 Å². The number of fused-ring (bicyclic) bond motifs is 1.